The Bertz CT molecular complexity index is 714. The maximum absolute atomic E-state index is 2.95. The predicted octanol–water partition coefficient (Wildman–Crippen LogP) is 6.28. The Hall–Kier alpha value is -0.120. The Morgan fingerprint density at radius 2 is 1.03 bits per heavy atom. The van der Waals surface area contributed by atoms with E-state index in [0.29, 0.717) is 16.4 Å². The zero-order valence-corrected chi connectivity index (χ0v) is 23.5. The van der Waals surface area contributed by atoms with Crippen LogP contribution < -0.4 is 0 Å². The summed E-state index contributed by atoms with van der Waals surface area (Å²) in [7, 11) is 0. The highest BCUT2D eigenvalue weighted by molar-refractivity contribution is 5.07. The van der Waals surface area contributed by atoms with E-state index >= 15 is 0 Å². The molecule has 2 spiro atoms. The van der Waals surface area contributed by atoms with E-state index in [1.807, 2.05) is 0 Å². The van der Waals surface area contributed by atoms with Gasteiger partial charge in [0.25, 0.3) is 0 Å². The molecule has 0 bridgehead atoms. The molecule has 0 amide bonds. The fourth-order valence-electron chi connectivity index (χ4n) is 9.57. The molecule has 2 unspecified atom stereocenters. The van der Waals surface area contributed by atoms with Gasteiger partial charge in [-0.25, -0.2) is 0 Å². The number of hydrogen-bond acceptors (Lipinski definition) is 3. The third-order valence-electron chi connectivity index (χ3n) is 12.3. The Morgan fingerprint density at radius 1 is 0.588 bits per heavy atom. The number of rotatable bonds is 2. The van der Waals surface area contributed by atoms with Crippen molar-refractivity contribution in [2.75, 3.05) is 39.3 Å². The summed E-state index contributed by atoms with van der Waals surface area (Å²) in [5, 5.41) is 0. The number of piperidine rings is 2. The summed E-state index contributed by atoms with van der Waals surface area (Å²) in [5.41, 5.74) is 2.32. The minimum atomic E-state index is 0.356. The van der Waals surface area contributed by atoms with E-state index in [4.69, 9.17) is 0 Å². The first-order chi connectivity index (χ1) is 15.9. The summed E-state index contributed by atoms with van der Waals surface area (Å²) < 4.78 is 0. The zero-order valence-electron chi connectivity index (χ0n) is 23.5. The highest BCUT2D eigenvalue weighted by Gasteiger charge is 2.54. The van der Waals surface area contributed by atoms with Crippen LogP contribution in [0.1, 0.15) is 106 Å². The van der Waals surface area contributed by atoms with Crippen LogP contribution in [0.3, 0.4) is 0 Å². The van der Waals surface area contributed by atoms with Gasteiger partial charge in [-0.2, -0.15) is 0 Å². The molecule has 0 aromatic heterocycles. The molecule has 34 heavy (non-hydrogen) atoms. The van der Waals surface area contributed by atoms with Crippen LogP contribution in [0, 0.1) is 34.0 Å². The van der Waals surface area contributed by atoms with Crippen LogP contribution in [0.15, 0.2) is 0 Å². The second-order valence-electron chi connectivity index (χ2n) is 16.3. The molecule has 3 nitrogen and oxygen atoms in total. The topological polar surface area (TPSA) is 9.72 Å². The fourth-order valence-corrected chi connectivity index (χ4v) is 9.57. The van der Waals surface area contributed by atoms with Crippen molar-refractivity contribution in [1.29, 1.82) is 0 Å². The highest BCUT2D eigenvalue weighted by Crippen LogP contribution is 2.57. The number of hydrogen-bond donors (Lipinski definition) is 0. The van der Waals surface area contributed by atoms with Gasteiger partial charge in [0.15, 0.2) is 0 Å². The average Bonchev–Trinajstić information content (AvgIpc) is 3.29. The van der Waals surface area contributed by atoms with E-state index in [0.717, 1.165) is 35.3 Å². The van der Waals surface area contributed by atoms with Crippen LogP contribution in [-0.4, -0.2) is 71.6 Å². The summed E-state index contributed by atoms with van der Waals surface area (Å²) in [6.45, 7) is 22.9. The smallest absolute Gasteiger partial charge is 0.0125 e. The number of fused-ring (bicyclic) bond motifs is 1. The molecule has 3 saturated heterocycles. The quantitative estimate of drug-likeness (QED) is 0.471. The fraction of sp³-hybridized carbons (Fsp3) is 1.00. The molecule has 6 fully saturated rings. The summed E-state index contributed by atoms with van der Waals surface area (Å²) in [4.78, 5) is 8.60. The first kappa shape index (κ1) is 24.2. The molecule has 2 atom stereocenters. The van der Waals surface area contributed by atoms with E-state index in [-0.39, 0.29) is 0 Å². The molecule has 0 aromatic carbocycles. The van der Waals surface area contributed by atoms with Crippen LogP contribution in [0.4, 0.5) is 0 Å². The van der Waals surface area contributed by atoms with E-state index in [2.05, 4.69) is 56.2 Å². The van der Waals surface area contributed by atoms with Gasteiger partial charge in [0, 0.05) is 30.7 Å². The predicted molar refractivity (Wildman–Crippen MR) is 143 cm³/mol. The number of likely N-dealkylation sites (tertiary alicyclic amines) is 3. The van der Waals surface area contributed by atoms with Crippen molar-refractivity contribution in [3.05, 3.63) is 0 Å². The van der Waals surface area contributed by atoms with Crippen molar-refractivity contribution in [2.45, 2.75) is 123 Å². The molecular formula is C31H55N3. The normalized spacial score (nSPS) is 39.4. The molecular weight excluding hydrogens is 414 g/mol. The molecule has 194 valence electrons. The van der Waals surface area contributed by atoms with Crippen LogP contribution in [0.5, 0.6) is 0 Å². The van der Waals surface area contributed by atoms with Crippen LogP contribution >= 0.6 is 0 Å². The molecule has 0 aromatic rings. The lowest BCUT2D eigenvalue weighted by Crippen LogP contribution is -2.60. The SMILES string of the molecule is CC(C)(C)C1CC2CN(C3CC4(CCN(C5CC6(CCN(C(C)(C)C)CC6)C5)CC4)C3)CC2C1. The van der Waals surface area contributed by atoms with Gasteiger partial charge in [0.2, 0.25) is 0 Å². The van der Waals surface area contributed by atoms with Gasteiger partial charge in [-0.1, -0.05) is 20.8 Å². The first-order valence-electron chi connectivity index (χ1n) is 15.2. The molecule has 3 saturated carbocycles. The molecule has 3 heteroatoms. The second kappa shape index (κ2) is 8.19. The lowest BCUT2D eigenvalue weighted by molar-refractivity contribution is -0.0920. The number of nitrogens with zero attached hydrogens (tertiary/aromatic N) is 3. The van der Waals surface area contributed by atoms with E-state index in [1.54, 1.807) is 0 Å². The summed E-state index contributed by atoms with van der Waals surface area (Å²) >= 11 is 0. The van der Waals surface area contributed by atoms with Gasteiger partial charge in [0.1, 0.15) is 0 Å². The third-order valence-corrected chi connectivity index (χ3v) is 12.3. The summed E-state index contributed by atoms with van der Waals surface area (Å²) in [5.74, 6) is 3.01. The van der Waals surface area contributed by atoms with Crippen molar-refractivity contribution in [3.63, 3.8) is 0 Å². The molecule has 6 rings (SSSR count). The largest absolute Gasteiger partial charge is 0.300 e. The van der Waals surface area contributed by atoms with Gasteiger partial charge < -0.3 is 4.90 Å². The maximum atomic E-state index is 2.95. The highest BCUT2D eigenvalue weighted by atomic mass is 15.2. The van der Waals surface area contributed by atoms with Crippen molar-refractivity contribution < 1.29 is 0 Å². The van der Waals surface area contributed by atoms with E-state index in [9.17, 15) is 0 Å². The molecule has 0 N–H and O–H groups in total. The Morgan fingerprint density at radius 3 is 1.47 bits per heavy atom. The Kier molecular flexibility index (Phi) is 5.84. The zero-order chi connectivity index (χ0) is 23.9. The summed E-state index contributed by atoms with van der Waals surface area (Å²) in [6, 6.07) is 1.85. The van der Waals surface area contributed by atoms with Gasteiger partial charge in [-0.3, -0.25) is 9.80 Å². The monoisotopic (exact) mass is 469 g/mol. The van der Waals surface area contributed by atoms with Crippen LogP contribution in [0.2, 0.25) is 0 Å². The van der Waals surface area contributed by atoms with Crippen LogP contribution in [0.25, 0.3) is 0 Å². The van der Waals surface area contributed by atoms with Crippen molar-refractivity contribution in [3.8, 4) is 0 Å². The molecule has 3 heterocycles. The first-order valence-corrected chi connectivity index (χ1v) is 15.2. The second-order valence-corrected chi connectivity index (χ2v) is 16.3. The van der Waals surface area contributed by atoms with Gasteiger partial charge >= 0.3 is 0 Å². The average molecular weight is 470 g/mol. The van der Waals surface area contributed by atoms with Crippen molar-refractivity contribution >= 4 is 0 Å². The molecule has 3 aliphatic heterocycles. The lowest BCUT2D eigenvalue weighted by Gasteiger charge is -2.60. The third kappa shape index (κ3) is 4.32. The molecule has 0 radical (unpaired) electrons. The van der Waals surface area contributed by atoms with E-state index in [1.165, 1.54) is 103 Å². The Balaban J connectivity index is 0.920. The van der Waals surface area contributed by atoms with Crippen molar-refractivity contribution in [2.24, 2.45) is 34.0 Å². The standard InChI is InChI=1S/C31H55N3/c1-28(2,3)25-15-23-21-33(22-24(23)16-25)27-19-30(20-27)7-11-32(12-8-30)26-17-31(18-26)9-13-34(14-10-31)29(4,5)6/h23-27H,7-22H2,1-6H3. The lowest BCUT2D eigenvalue weighted by atomic mass is 9.57. The summed E-state index contributed by atoms with van der Waals surface area (Å²) in [6.07, 6.45) is 15.0. The molecule has 6 aliphatic rings. The molecule has 3 aliphatic carbocycles. The van der Waals surface area contributed by atoms with Crippen molar-refractivity contribution in [1.82, 2.24) is 14.7 Å². The Labute approximate surface area is 211 Å². The van der Waals surface area contributed by atoms with Crippen LogP contribution in [-0.2, 0) is 0 Å². The van der Waals surface area contributed by atoms with E-state index < -0.39 is 0 Å². The van der Waals surface area contributed by atoms with Gasteiger partial charge in [0.05, 0.1) is 0 Å². The minimum Gasteiger partial charge on any atom is -0.300 e. The minimum absolute atomic E-state index is 0.356. The maximum Gasteiger partial charge on any atom is 0.0125 e. The van der Waals surface area contributed by atoms with Gasteiger partial charge in [-0.15, -0.1) is 0 Å². The van der Waals surface area contributed by atoms with Gasteiger partial charge in [-0.05, 0) is 145 Å².